The average Bonchev–Trinajstić information content (AvgIpc) is 2.77. The van der Waals surface area contributed by atoms with E-state index in [1.807, 2.05) is 20.0 Å². The van der Waals surface area contributed by atoms with E-state index in [4.69, 9.17) is 9.26 Å². The Bertz CT molecular complexity index is 510. The van der Waals surface area contributed by atoms with E-state index in [9.17, 15) is 4.39 Å². The Balaban J connectivity index is 1.71. The highest BCUT2D eigenvalue weighted by Gasteiger charge is 2.05. The van der Waals surface area contributed by atoms with Crippen molar-refractivity contribution in [1.29, 1.82) is 0 Å². The minimum Gasteiger partial charge on any atom is -0.492 e. The van der Waals surface area contributed by atoms with Gasteiger partial charge in [0.15, 0.2) is 0 Å². The number of nitrogens with zero attached hydrogens (tertiary/aromatic N) is 2. The van der Waals surface area contributed by atoms with Gasteiger partial charge >= 0.3 is 0 Å². The molecule has 0 aliphatic rings. The van der Waals surface area contributed by atoms with Crippen LogP contribution in [-0.4, -0.2) is 30.3 Å². The number of benzene rings is 1. The highest BCUT2D eigenvalue weighted by atomic mass is 19.1. The van der Waals surface area contributed by atoms with Gasteiger partial charge in [-0.1, -0.05) is 5.16 Å². The van der Waals surface area contributed by atoms with Crippen LogP contribution in [0.1, 0.15) is 11.5 Å². The predicted octanol–water partition coefficient (Wildman–Crippen LogP) is 2.63. The van der Waals surface area contributed by atoms with Crippen LogP contribution >= 0.6 is 0 Å². The second-order valence-corrected chi connectivity index (χ2v) is 4.47. The summed E-state index contributed by atoms with van der Waals surface area (Å²) in [6.45, 7) is 3.88. The Hall–Kier alpha value is -1.88. The van der Waals surface area contributed by atoms with E-state index in [2.05, 4.69) is 10.1 Å². The van der Waals surface area contributed by atoms with Crippen LogP contribution in [0, 0.1) is 12.7 Å². The summed E-state index contributed by atoms with van der Waals surface area (Å²) in [5.41, 5.74) is 0.904. The molecule has 2 rings (SSSR count). The third kappa shape index (κ3) is 4.37. The van der Waals surface area contributed by atoms with Gasteiger partial charge in [0, 0.05) is 19.2 Å². The van der Waals surface area contributed by atoms with Gasteiger partial charge in [0.1, 0.15) is 23.9 Å². The van der Waals surface area contributed by atoms with Gasteiger partial charge in [0.2, 0.25) is 0 Å². The zero-order valence-electron chi connectivity index (χ0n) is 11.1. The fourth-order valence-corrected chi connectivity index (χ4v) is 1.70. The highest BCUT2D eigenvalue weighted by Crippen LogP contribution is 2.11. The van der Waals surface area contributed by atoms with Crippen molar-refractivity contribution in [2.24, 2.45) is 0 Å². The quantitative estimate of drug-likeness (QED) is 0.804. The summed E-state index contributed by atoms with van der Waals surface area (Å²) >= 11 is 0. The monoisotopic (exact) mass is 264 g/mol. The van der Waals surface area contributed by atoms with Crippen LogP contribution < -0.4 is 4.74 Å². The molecule has 102 valence electrons. The molecule has 0 fully saturated rings. The summed E-state index contributed by atoms with van der Waals surface area (Å²) < 4.78 is 23.2. The molecule has 0 saturated carbocycles. The van der Waals surface area contributed by atoms with Gasteiger partial charge in [0.25, 0.3) is 0 Å². The van der Waals surface area contributed by atoms with Crippen LogP contribution in [0.5, 0.6) is 5.75 Å². The van der Waals surface area contributed by atoms with Gasteiger partial charge in [-0.2, -0.15) is 0 Å². The molecule has 0 amide bonds. The van der Waals surface area contributed by atoms with Crippen molar-refractivity contribution >= 4 is 0 Å². The second kappa shape index (κ2) is 6.33. The first kappa shape index (κ1) is 13.5. The Morgan fingerprint density at radius 1 is 1.32 bits per heavy atom. The molecular formula is C14H17FN2O2. The fourth-order valence-electron chi connectivity index (χ4n) is 1.70. The van der Waals surface area contributed by atoms with Gasteiger partial charge in [-0.3, -0.25) is 4.90 Å². The molecule has 0 aliphatic carbocycles. The van der Waals surface area contributed by atoms with Crippen molar-refractivity contribution in [3.05, 3.63) is 47.6 Å². The lowest BCUT2D eigenvalue weighted by Gasteiger charge is -2.15. The Morgan fingerprint density at radius 3 is 2.68 bits per heavy atom. The largest absolute Gasteiger partial charge is 0.492 e. The highest BCUT2D eigenvalue weighted by molar-refractivity contribution is 5.21. The number of hydrogen-bond donors (Lipinski definition) is 0. The fraction of sp³-hybridized carbons (Fsp3) is 0.357. The van der Waals surface area contributed by atoms with E-state index >= 15 is 0 Å². The van der Waals surface area contributed by atoms with Crippen LogP contribution in [0.25, 0.3) is 0 Å². The zero-order chi connectivity index (χ0) is 13.7. The predicted molar refractivity (Wildman–Crippen MR) is 69.5 cm³/mol. The number of halogens is 1. The molecular weight excluding hydrogens is 247 g/mol. The lowest BCUT2D eigenvalue weighted by atomic mass is 10.3. The number of aromatic nitrogens is 1. The molecule has 4 nitrogen and oxygen atoms in total. The van der Waals surface area contributed by atoms with E-state index in [0.717, 1.165) is 18.0 Å². The SMILES string of the molecule is Cc1cc(CN(C)CCOc2ccc(F)cc2)no1. The summed E-state index contributed by atoms with van der Waals surface area (Å²) in [7, 11) is 1.98. The topological polar surface area (TPSA) is 38.5 Å². The molecule has 1 heterocycles. The Kier molecular flexibility index (Phi) is 4.52. The second-order valence-electron chi connectivity index (χ2n) is 4.47. The first-order valence-corrected chi connectivity index (χ1v) is 6.12. The number of likely N-dealkylation sites (N-methyl/N-ethyl adjacent to an activating group) is 1. The molecule has 0 radical (unpaired) electrons. The van der Waals surface area contributed by atoms with E-state index in [0.29, 0.717) is 18.9 Å². The summed E-state index contributed by atoms with van der Waals surface area (Å²) in [6, 6.07) is 7.93. The van der Waals surface area contributed by atoms with Crippen molar-refractivity contribution in [2.75, 3.05) is 20.2 Å². The molecule has 1 aromatic carbocycles. The van der Waals surface area contributed by atoms with Gasteiger partial charge in [-0.15, -0.1) is 0 Å². The van der Waals surface area contributed by atoms with Gasteiger partial charge < -0.3 is 9.26 Å². The standard InChI is InChI=1S/C14H17FN2O2/c1-11-9-13(16-19-11)10-17(2)7-8-18-14-5-3-12(15)4-6-14/h3-6,9H,7-8,10H2,1-2H3. The molecule has 5 heteroatoms. The van der Waals surface area contributed by atoms with Crippen molar-refractivity contribution in [3.63, 3.8) is 0 Å². The van der Waals surface area contributed by atoms with E-state index in [-0.39, 0.29) is 5.82 Å². The number of rotatable bonds is 6. The number of ether oxygens (including phenoxy) is 1. The molecule has 0 unspecified atom stereocenters. The van der Waals surface area contributed by atoms with Crippen LogP contribution in [0.2, 0.25) is 0 Å². The molecule has 2 aromatic rings. The van der Waals surface area contributed by atoms with Crippen molar-refractivity contribution in [1.82, 2.24) is 10.1 Å². The van der Waals surface area contributed by atoms with E-state index < -0.39 is 0 Å². The minimum atomic E-state index is -0.258. The Morgan fingerprint density at radius 2 is 2.05 bits per heavy atom. The first-order valence-electron chi connectivity index (χ1n) is 6.12. The van der Waals surface area contributed by atoms with Crippen LogP contribution in [0.15, 0.2) is 34.9 Å². The molecule has 0 aliphatic heterocycles. The molecule has 19 heavy (non-hydrogen) atoms. The van der Waals surface area contributed by atoms with E-state index in [1.54, 1.807) is 12.1 Å². The van der Waals surface area contributed by atoms with Gasteiger partial charge in [0.05, 0.1) is 5.69 Å². The molecule has 0 saturated heterocycles. The molecule has 0 atom stereocenters. The Labute approximate surface area is 111 Å². The smallest absolute Gasteiger partial charge is 0.133 e. The first-order chi connectivity index (χ1) is 9.13. The summed E-state index contributed by atoms with van der Waals surface area (Å²) in [6.07, 6.45) is 0. The minimum absolute atomic E-state index is 0.258. The van der Waals surface area contributed by atoms with Crippen molar-refractivity contribution < 1.29 is 13.7 Å². The van der Waals surface area contributed by atoms with Crippen molar-refractivity contribution in [3.8, 4) is 5.75 Å². The third-order valence-corrected chi connectivity index (χ3v) is 2.66. The molecule has 0 N–H and O–H groups in total. The molecule has 1 aromatic heterocycles. The van der Waals surface area contributed by atoms with Crippen LogP contribution in [0.4, 0.5) is 4.39 Å². The van der Waals surface area contributed by atoms with Gasteiger partial charge in [-0.05, 0) is 38.2 Å². The maximum absolute atomic E-state index is 12.7. The normalized spacial score (nSPS) is 10.9. The molecule has 0 bridgehead atoms. The van der Waals surface area contributed by atoms with E-state index in [1.165, 1.54) is 12.1 Å². The lowest BCUT2D eigenvalue weighted by Crippen LogP contribution is -2.24. The van der Waals surface area contributed by atoms with Crippen LogP contribution in [0.3, 0.4) is 0 Å². The molecule has 0 spiro atoms. The third-order valence-electron chi connectivity index (χ3n) is 2.66. The number of hydrogen-bond acceptors (Lipinski definition) is 4. The summed E-state index contributed by atoms with van der Waals surface area (Å²) in [4.78, 5) is 2.08. The average molecular weight is 264 g/mol. The van der Waals surface area contributed by atoms with Gasteiger partial charge in [-0.25, -0.2) is 4.39 Å². The van der Waals surface area contributed by atoms with Crippen LogP contribution in [-0.2, 0) is 6.54 Å². The summed E-state index contributed by atoms with van der Waals surface area (Å²) in [5.74, 6) is 1.23. The zero-order valence-corrected chi connectivity index (χ0v) is 11.1. The maximum atomic E-state index is 12.7. The van der Waals surface area contributed by atoms with Crippen molar-refractivity contribution in [2.45, 2.75) is 13.5 Å². The lowest BCUT2D eigenvalue weighted by molar-refractivity contribution is 0.228. The maximum Gasteiger partial charge on any atom is 0.133 e. The summed E-state index contributed by atoms with van der Waals surface area (Å²) in [5, 5.41) is 3.93. The number of aryl methyl sites for hydroxylation is 1.